The van der Waals surface area contributed by atoms with Gasteiger partial charge in [0.2, 0.25) is 0 Å². The summed E-state index contributed by atoms with van der Waals surface area (Å²) in [6, 6.07) is 7.86. The number of fused-ring (bicyclic) bond motifs is 1. The second-order valence-electron chi connectivity index (χ2n) is 5.97. The van der Waals surface area contributed by atoms with Crippen LogP contribution in [0.1, 0.15) is 20.8 Å². The number of aliphatic hydroxyl groups excluding tert-OH is 1. The topological polar surface area (TPSA) is 61.9 Å². The van der Waals surface area contributed by atoms with Crippen molar-refractivity contribution in [1.29, 1.82) is 0 Å². The number of benzene rings is 1. The average molecular weight is 263 g/mol. The van der Waals surface area contributed by atoms with E-state index in [9.17, 15) is 5.11 Å². The summed E-state index contributed by atoms with van der Waals surface area (Å²) in [7, 11) is 0. The second kappa shape index (κ2) is 5.63. The van der Waals surface area contributed by atoms with E-state index in [1.165, 1.54) is 0 Å². The van der Waals surface area contributed by atoms with Crippen LogP contribution >= 0.6 is 0 Å². The summed E-state index contributed by atoms with van der Waals surface area (Å²) in [6.07, 6.45) is 1.43. The van der Waals surface area contributed by atoms with Gasteiger partial charge < -0.3 is 20.1 Å². The van der Waals surface area contributed by atoms with Crippen LogP contribution in [0.5, 0.6) is 5.75 Å². The van der Waals surface area contributed by atoms with Gasteiger partial charge in [-0.2, -0.15) is 0 Å². The largest absolute Gasteiger partial charge is 0.490 e. The van der Waals surface area contributed by atoms with Gasteiger partial charge in [0.25, 0.3) is 0 Å². The lowest BCUT2D eigenvalue weighted by atomic mass is 10.1. The van der Waals surface area contributed by atoms with Crippen LogP contribution in [-0.2, 0) is 0 Å². The first-order valence-corrected chi connectivity index (χ1v) is 6.67. The quantitative estimate of drug-likeness (QED) is 0.761. The number of hydrogen-bond donors (Lipinski definition) is 3. The molecule has 1 heterocycles. The van der Waals surface area contributed by atoms with E-state index in [-0.39, 0.29) is 5.54 Å². The van der Waals surface area contributed by atoms with E-state index in [0.717, 1.165) is 16.7 Å². The number of nitrogens with one attached hydrogen (secondary N) is 1. The van der Waals surface area contributed by atoms with Gasteiger partial charge in [0.1, 0.15) is 25.0 Å². The lowest BCUT2D eigenvalue weighted by Crippen LogP contribution is -2.96. The van der Waals surface area contributed by atoms with Crippen LogP contribution in [0.2, 0.25) is 0 Å². The third kappa shape index (κ3) is 3.98. The van der Waals surface area contributed by atoms with Crippen LogP contribution in [0.25, 0.3) is 10.9 Å². The number of H-pyrrole nitrogens is 1. The molecule has 4 heteroatoms. The average Bonchev–Trinajstić information content (AvgIpc) is 2.81. The Bertz CT molecular complexity index is 528. The van der Waals surface area contributed by atoms with Crippen LogP contribution < -0.4 is 10.1 Å². The van der Waals surface area contributed by atoms with E-state index < -0.39 is 6.10 Å². The molecule has 1 atom stereocenters. The second-order valence-corrected chi connectivity index (χ2v) is 5.97. The van der Waals surface area contributed by atoms with Crippen molar-refractivity contribution in [1.82, 2.24) is 4.98 Å². The van der Waals surface area contributed by atoms with Gasteiger partial charge in [0.05, 0.1) is 5.54 Å². The highest BCUT2D eigenvalue weighted by Crippen LogP contribution is 2.24. The van der Waals surface area contributed by atoms with Gasteiger partial charge in [-0.15, -0.1) is 0 Å². The molecule has 0 saturated carbocycles. The van der Waals surface area contributed by atoms with E-state index in [4.69, 9.17) is 4.74 Å². The van der Waals surface area contributed by atoms with Crippen molar-refractivity contribution in [2.24, 2.45) is 0 Å². The SMILES string of the molecule is CC(C)(C)[NH2+]CC(O)COc1cccc2[nH]ccc12. The highest BCUT2D eigenvalue weighted by Gasteiger charge is 2.16. The van der Waals surface area contributed by atoms with Crippen molar-refractivity contribution < 1.29 is 15.2 Å². The lowest BCUT2D eigenvalue weighted by molar-refractivity contribution is -0.722. The molecular weight excluding hydrogens is 240 g/mol. The maximum Gasteiger partial charge on any atom is 0.137 e. The van der Waals surface area contributed by atoms with Crippen molar-refractivity contribution in [3.05, 3.63) is 30.5 Å². The smallest absolute Gasteiger partial charge is 0.137 e. The minimum Gasteiger partial charge on any atom is -0.490 e. The van der Waals surface area contributed by atoms with Gasteiger partial charge in [-0.25, -0.2) is 0 Å². The monoisotopic (exact) mass is 263 g/mol. The number of nitrogens with two attached hydrogens (primary N) is 1. The molecule has 0 radical (unpaired) electrons. The summed E-state index contributed by atoms with van der Waals surface area (Å²) < 4.78 is 5.71. The number of aliphatic hydroxyl groups is 1. The summed E-state index contributed by atoms with van der Waals surface area (Å²) >= 11 is 0. The normalized spacial score (nSPS) is 13.7. The maximum absolute atomic E-state index is 9.93. The molecule has 0 aliphatic heterocycles. The van der Waals surface area contributed by atoms with Crippen LogP contribution in [-0.4, -0.2) is 34.9 Å². The molecule has 4 N–H and O–H groups in total. The maximum atomic E-state index is 9.93. The third-order valence-electron chi connectivity index (χ3n) is 2.99. The number of rotatable bonds is 5. The fraction of sp³-hybridized carbons (Fsp3) is 0.467. The standard InChI is InChI=1S/C15H22N2O2/c1-15(2,3)17-9-11(18)10-19-14-6-4-5-13-12(14)7-8-16-13/h4-8,11,16-18H,9-10H2,1-3H3/p+1. The molecule has 0 bridgehead atoms. The molecule has 2 aromatic rings. The molecule has 4 nitrogen and oxygen atoms in total. The number of quaternary nitrogens is 1. The van der Waals surface area contributed by atoms with Crippen molar-refractivity contribution >= 4 is 10.9 Å². The van der Waals surface area contributed by atoms with Gasteiger partial charge in [0.15, 0.2) is 0 Å². The predicted molar refractivity (Wildman–Crippen MR) is 76.3 cm³/mol. The molecule has 0 spiro atoms. The molecular formula is C15H23N2O2+. The highest BCUT2D eigenvalue weighted by atomic mass is 16.5. The zero-order valence-corrected chi connectivity index (χ0v) is 11.8. The van der Waals surface area contributed by atoms with E-state index in [0.29, 0.717) is 13.2 Å². The van der Waals surface area contributed by atoms with E-state index in [1.807, 2.05) is 30.5 Å². The Kier molecular flexibility index (Phi) is 4.12. The minimum absolute atomic E-state index is 0.127. The highest BCUT2D eigenvalue weighted by molar-refractivity contribution is 5.85. The molecule has 0 aliphatic carbocycles. The van der Waals surface area contributed by atoms with Crippen LogP contribution in [0, 0.1) is 0 Å². The molecule has 0 amide bonds. The zero-order valence-electron chi connectivity index (χ0n) is 11.8. The first-order chi connectivity index (χ1) is 8.96. The van der Waals surface area contributed by atoms with Gasteiger partial charge >= 0.3 is 0 Å². The molecule has 1 aromatic heterocycles. The summed E-state index contributed by atoms with van der Waals surface area (Å²) in [6.45, 7) is 7.34. The molecule has 0 fully saturated rings. The number of aromatic amines is 1. The summed E-state index contributed by atoms with van der Waals surface area (Å²) in [4.78, 5) is 3.14. The fourth-order valence-corrected chi connectivity index (χ4v) is 1.93. The minimum atomic E-state index is -0.464. The molecule has 104 valence electrons. The molecule has 1 unspecified atom stereocenters. The van der Waals surface area contributed by atoms with E-state index in [1.54, 1.807) is 0 Å². The van der Waals surface area contributed by atoms with Gasteiger partial charge in [-0.3, -0.25) is 0 Å². The number of aromatic nitrogens is 1. The van der Waals surface area contributed by atoms with Crippen molar-refractivity contribution in [2.75, 3.05) is 13.2 Å². The zero-order chi connectivity index (χ0) is 13.9. The first kappa shape index (κ1) is 13.9. The Morgan fingerprint density at radius 1 is 1.32 bits per heavy atom. The van der Waals surface area contributed by atoms with Crippen molar-refractivity contribution in [2.45, 2.75) is 32.4 Å². The molecule has 0 saturated heterocycles. The summed E-state index contributed by atoms with van der Waals surface area (Å²) in [5.41, 5.74) is 1.18. The van der Waals surface area contributed by atoms with Gasteiger partial charge in [-0.1, -0.05) is 6.07 Å². The van der Waals surface area contributed by atoms with Crippen LogP contribution in [0.4, 0.5) is 0 Å². The van der Waals surface area contributed by atoms with E-state index in [2.05, 4.69) is 31.1 Å². The Labute approximate surface area is 113 Å². The predicted octanol–water partition coefficient (Wildman–Crippen LogP) is 1.27. The third-order valence-corrected chi connectivity index (χ3v) is 2.99. The lowest BCUT2D eigenvalue weighted by Gasteiger charge is -2.19. The molecule has 2 rings (SSSR count). The van der Waals surface area contributed by atoms with Gasteiger partial charge in [0, 0.05) is 17.1 Å². The van der Waals surface area contributed by atoms with Crippen molar-refractivity contribution in [3.63, 3.8) is 0 Å². The molecule has 1 aromatic carbocycles. The Morgan fingerprint density at radius 2 is 2.11 bits per heavy atom. The van der Waals surface area contributed by atoms with Gasteiger partial charge in [-0.05, 0) is 39.0 Å². The van der Waals surface area contributed by atoms with Crippen LogP contribution in [0.3, 0.4) is 0 Å². The Balaban J connectivity index is 1.90. The molecule has 0 aliphatic rings. The summed E-state index contributed by atoms with van der Waals surface area (Å²) in [5, 5.41) is 13.1. The van der Waals surface area contributed by atoms with E-state index >= 15 is 0 Å². The fourth-order valence-electron chi connectivity index (χ4n) is 1.93. The number of hydrogen-bond acceptors (Lipinski definition) is 2. The number of ether oxygens (including phenoxy) is 1. The Hall–Kier alpha value is -1.52. The summed E-state index contributed by atoms with van der Waals surface area (Å²) in [5.74, 6) is 0.813. The molecule has 19 heavy (non-hydrogen) atoms. The Morgan fingerprint density at radius 3 is 2.84 bits per heavy atom. The first-order valence-electron chi connectivity index (χ1n) is 6.67. The van der Waals surface area contributed by atoms with Crippen molar-refractivity contribution in [3.8, 4) is 5.75 Å². The van der Waals surface area contributed by atoms with Crippen LogP contribution in [0.15, 0.2) is 30.5 Å².